The number of nitrogens with two attached hydrogens (primary N) is 1. The van der Waals surface area contributed by atoms with Crippen molar-refractivity contribution in [2.45, 2.75) is 24.4 Å². The van der Waals surface area contributed by atoms with Crippen LogP contribution in [0.4, 0.5) is 5.13 Å². The molecule has 142 valence electrons. The molecule has 3 heterocycles. The number of hydrogen-bond donors (Lipinski definition) is 3. The number of nitrogens with one attached hydrogen (secondary N) is 1. The van der Waals surface area contributed by atoms with E-state index in [0.29, 0.717) is 11.3 Å². The molecule has 1 unspecified atom stereocenters. The van der Waals surface area contributed by atoms with Crippen LogP contribution in [0, 0.1) is 4.91 Å². The van der Waals surface area contributed by atoms with E-state index in [0.717, 1.165) is 16.2 Å². The van der Waals surface area contributed by atoms with Crippen LogP contribution in [0.1, 0.15) is 18.7 Å². The van der Waals surface area contributed by atoms with Crippen LogP contribution in [-0.2, 0) is 14.4 Å². The smallest absolute Gasteiger partial charge is 0.352 e. The lowest BCUT2D eigenvalue weighted by molar-refractivity contribution is -0.150. The van der Waals surface area contributed by atoms with Crippen LogP contribution < -0.4 is 11.1 Å². The highest BCUT2D eigenvalue weighted by Crippen LogP contribution is 2.40. The number of allylic oxidation sites excluding steroid dienone is 2. The number of carbonyl (C=O) groups is 3. The maximum atomic E-state index is 12.5. The standard InChI is InChI=1S/C15H15N5O5S2/c1-2-3-6-4-26-13-9(12(22)20(13)10(6)14(23)24)18-11(21)8(19-25)7-5-27-15(16)17-7/h2-3,5,8-9,13H,4H2,1H3,(H2,16,17)(H,18,21)(H,23,24)/t8?,9-,13+/m1/s1. The first-order valence-electron chi connectivity index (χ1n) is 7.76. The molecular weight excluding hydrogens is 394 g/mol. The highest BCUT2D eigenvalue weighted by Gasteiger charge is 2.54. The Labute approximate surface area is 161 Å². The molecule has 0 bridgehead atoms. The van der Waals surface area contributed by atoms with Crippen LogP contribution in [-0.4, -0.2) is 49.9 Å². The number of hydrogen-bond acceptors (Lipinski definition) is 9. The molecule has 2 aliphatic heterocycles. The molecule has 10 nitrogen and oxygen atoms in total. The molecule has 1 aromatic heterocycles. The van der Waals surface area contributed by atoms with Crippen molar-refractivity contribution in [2.75, 3.05) is 11.5 Å². The van der Waals surface area contributed by atoms with Gasteiger partial charge < -0.3 is 16.2 Å². The Bertz CT molecular complexity index is 880. The quantitative estimate of drug-likeness (QED) is 0.461. The summed E-state index contributed by atoms with van der Waals surface area (Å²) in [7, 11) is 0. The predicted octanol–water partition coefficient (Wildman–Crippen LogP) is 0.847. The summed E-state index contributed by atoms with van der Waals surface area (Å²) in [5.74, 6) is -2.17. The van der Waals surface area contributed by atoms with Crippen molar-refractivity contribution in [2.24, 2.45) is 5.18 Å². The number of nitroso groups, excluding NO2 is 1. The van der Waals surface area contributed by atoms with E-state index < -0.39 is 35.2 Å². The van der Waals surface area contributed by atoms with Crippen molar-refractivity contribution < 1.29 is 19.5 Å². The molecule has 0 aromatic carbocycles. The molecule has 0 spiro atoms. The third kappa shape index (κ3) is 3.32. The molecule has 27 heavy (non-hydrogen) atoms. The van der Waals surface area contributed by atoms with Gasteiger partial charge >= 0.3 is 5.97 Å². The molecule has 0 saturated carbocycles. The molecule has 1 aromatic rings. The summed E-state index contributed by atoms with van der Waals surface area (Å²) in [6, 6.07) is -2.37. The van der Waals surface area contributed by atoms with Gasteiger partial charge in [-0.2, -0.15) is 0 Å². The zero-order valence-corrected chi connectivity index (χ0v) is 15.6. The van der Waals surface area contributed by atoms with Crippen molar-refractivity contribution in [1.82, 2.24) is 15.2 Å². The van der Waals surface area contributed by atoms with Crippen LogP contribution in [0.15, 0.2) is 34.0 Å². The first-order chi connectivity index (χ1) is 12.9. The van der Waals surface area contributed by atoms with Crippen molar-refractivity contribution in [1.29, 1.82) is 0 Å². The monoisotopic (exact) mass is 409 g/mol. The number of amides is 2. The maximum absolute atomic E-state index is 12.5. The summed E-state index contributed by atoms with van der Waals surface area (Å²) in [5.41, 5.74) is 6.04. The van der Waals surface area contributed by atoms with Gasteiger partial charge in [-0.3, -0.25) is 14.5 Å². The number of aliphatic carboxylic acids is 1. The van der Waals surface area contributed by atoms with Gasteiger partial charge in [-0.25, -0.2) is 9.78 Å². The Morgan fingerprint density at radius 1 is 1.56 bits per heavy atom. The van der Waals surface area contributed by atoms with Crippen molar-refractivity contribution in [3.05, 3.63) is 39.4 Å². The fourth-order valence-electron chi connectivity index (χ4n) is 2.87. The number of aromatic nitrogens is 1. The molecule has 12 heteroatoms. The van der Waals surface area contributed by atoms with Crippen LogP contribution in [0.25, 0.3) is 0 Å². The van der Waals surface area contributed by atoms with E-state index in [9.17, 15) is 24.4 Å². The minimum Gasteiger partial charge on any atom is -0.477 e. The third-order valence-electron chi connectivity index (χ3n) is 4.04. The topological polar surface area (TPSA) is 155 Å². The molecule has 4 N–H and O–H groups in total. The fourth-order valence-corrected chi connectivity index (χ4v) is 4.77. The van der Waals surface area contributed by atoms with Crippen molar-refractivity contribution in [3.8, 4) is 0 Å². The van der Waals surface area contributed by atoms with E-state index in [4.69, 9.17) is 5.73 Å². The van der Waals surface area contributed by atoms with E-state index in [1.54, 1.807) is 19.1 Å². The lowest BCUT2D eigenvalue weighted by Gasteiger charge is -2.49. The number of nitrogens with zero attached hydrogens (tertiary/aromatic N) is 3. The van der Waals surface area contributed by atoms with Crippen molar-refractivity contribution in [3.63, 3.8) is 0 Å². The molecule has 0 radical (unpaired) electrons. The van der Waals surface area contributed by atoms with Gasteiger partial charge in [-0.15, -0.1) is 28.0 Å². The van der Waals surface area contributed by atoms with Crippen molar-refractivity contribution >= 4 is 46.0 Å². The van der Waals surface area contributed by atoms with Gasteiger partial charge in [-0.05, 0) is 17.7 Å². The number of nitrogen functional groups attached to an aromatic ring is 1. The highest BCUT2D eigenvalue weighted by molar-refractivity contribution is 8.00. The normalized spacial score (nSPS) is 23.0. The second-order valence-electron chi connectivity index (χ2n) is 5.69. The molecule has 0 aliphatic carbocycles. The second kappa shape index (κ2) is 7.48. The van der Waals surface area contributed by atoms with Crippen LogP contribution >= 0.6 is 23.1 Å². The first-order valence-corrected chi connectivity index (χ1v) is 9.69. The zero-order chi connectivity index (χ0) is 19.7. The van der Waals surface area contributed by atoms with Crippen LogP contribution in [0.5, 0.6) is 0 Å². The largest absolute Gasteiger partial charge is 0.477 e. The average molecular weight is 409 g/mol. The predicted molar refractivity (Wildman–Crippen MR) is 99.6 cm³/mol. The van der Waals surface area contributed by atoms with Gasteiger partial charge in [0.2, 0.25) is 6.04 Å². The van der Waals surface area contributed by atoms with Gasteiger partial charge in [0, 0.05) is 11.1 Å². The Morgan fingerprint density at radius 3 is 2.85 bits per heavy atom. The Hall–Kier alpha value is -2.73. The number of β-lactam (4-membered cyclic amide) rings is 1. The summed E-state index contributed by atoms with van der Waals surface area (Å²) in [6.07, 6.45) is 3.34. The van der Waals surface area contributed by atoms with E-state index in [2.05, 4.69) is 15.5 Å². The average Bonchev–Trinajstić information content (AvgIpc) is 3.05. The van der Waals surface area contributed by atoms with E-state index >= 15 is 0 Å². The summed E-state index contributed by atoms with van der Waals surface area (Å²) in [4.78, 5) is 52.6. The minimum absolute atomic E-state index is 0.0929. The summed E-state index contributed by atoms with van der Waals surface area (Å²) >= 11 is 2.39. The number of rotatable bonds is 6. The van der Waals surface area contributed by atoms with Gasteiger partial charge in [0.15, 0.2) is 5.13 Å². The SMILES string of the molecule is CC=CC1=C(C(=O)O)N2C(=O)[C@@H](NC(=O)C(N=O)c3csc(N)n3)[C@@H]2SC1. The lowest BCUT2D eigenvalue weighted by Crippen LogP contribution is -2.70. The van der Waals surface area contributed by atoms with Gasteiger partial charge in [0.05, 0.1) is 5.69 Å². The first kappa shape index (κ1) is 19.0. The molecular formula is C15H15N5O5S2. The highest BCUT2D eigenvalue weighted by atomic mass is 32.2. The zero-order valence-electron chi connectivity index (χ0n) is 14.0. The number of fused-ring (bicyclic) bond motifs is 1. The maximum Gasteiger partial charge on any atom is 0.352 e. The summed E-state index contributed by atoms with van der Waals surface area (Å²) < 4.78 is 0. The molecule has 3 atom stereocenters. The fraction of sp³-hybridized carbons (Fsp3) is 0.333. The molecule has 1 fully saturated rings. The molecule has 1 saturated heterocycles. The van der Waals surface area contributed by atoms with Crippen LogP contribution in [0.3, 0.4) is 0 Å². The third-order valence-corrected chi connectivity index (χ3v) is 6.03. The number of carbonyl (C=O) groups excluding carboxylic acids is 2. The minimum atomic E-state index is -1.43. The Morgan fingerprint density at radius 2 is 2.30 bits per heavy atom. The number of anilines is 1. The lowest BCUT2D eigenvalue weighted by atomic mass is 10.0. The number of carboxylic acid groups (broad SMARTS) is 1. The molecule has 2 aliphatic rings. The number of thioether (sulfide) groups is 1. The van der Waals surface area contributed by atoms with E-state index in [1.165, 1.54) is 17.1 Å². The molecule has 2 amide bonds. The van der Waals surface area contributed by atoms with Crippen LogP contribution in [0.2, 0.25) is 0 Å². The number of thiazole rings is 1. The summed E-state index contributed by atoms with van der Waals surface area (Å²) in [5, 5.41) is 15.8. The van der Waals surface area contributed by atoms with E-state index in [1.807, 2.05) is 0 Å². The van der Waals surface area contributed by atoms with Gasteiger partial charge in [0.25, 0.3) is 11.8 Å². The molecule has 3 rings (SSSR count). The van der Waals surface area contributed by atoms with Gasteiger partial charge in [0.1, 0.15) is 17.1 Å². The number of carboxylic acids is 1. The second-order valence-corrected chi connectivity index (χ2v) is 7.69. The summed E-state index contributed by atoms with van der Waals surface area (Å²) in [6.45, 7) is 1.75. The Balaban J connectivity index is 1.77. The van der Waals surface area contributed by atoms with Gasteiger partial charge in [-0.1, -0.05) is 12.2 Å². The Kier molecular flexibility index (Phi) is 5.28. The van der Waals surface area contributed by atoms with E-state index in [-0.39, 0.29) is 16.5 Å².